The number of amides is 1. The van der Waals surface area contributed by atoms with Gasteiger partial charge in [-0.25, -0.2) is 4.79 Å². The number of carbonyl (C=O) groups is 2. The number of aromatic hydroxyl groups is 1. The Morgan fingerprint density at radius 2 is 1.42 bits per heavy atom. The molecule has 26 heavy (non-hydrogen) atoms. The average molecular weight is 357 g/mol. The molecule has 0 spiro atoms. The van der Waals surface area contributed by atoms with Crippen molar-refractivity contribution in [3.8, 4) is 5.75 Å². The number of nitrogens with one attached hydrogen (secondary N) is 1. The lowest BCUT2D eigenvalue weighted by Crippen LogP contribution is -2.50. The molecule has 2 aromatic carbocycles. The molecule has 0 aliphatic heterocycles. The zero-order chi connectivity index (χ0) is 19.1. The molecule has 0 unspecified atom stereocenters. The van der Waals surface area contributed by atoms with Gasteiger partial charge in [-0.1, -0.05) is 36.4 Å². The standard InChI is InChI=1S/C19H23N3O4/c20-11-14-3-1-13(2-4-14)10-17(19(25)26)22-18(24)16(21)9-12-5-7-15(23)8-6-12/h1-8,16-17,23H,9-11,20-21H2,(H,22,24)(H,25,26)/t16-,17+/m1/s1. The Balaban J connectivity index is 1.97. The second kappa shape index (κ2) is 8.98. The van der Waals surface area contributed by atoms with E-state index in [0.29, 0.717) is 6.54 Å². The third kappa shape index (κ3) is 5.58. The Morgan fingerprint density at radius 3 is 1.96 bits per heavy atom. The minimum Gasteiger partial charge on any atom is -0.508 e. The summed E-state index contributed by atoms with van der Waals surface area (Å²) in [6, 6.07) is 11.6. The van der Waals surface area contributed by atoms with Gasteiger partial charge in [0.05, 0.1) is 6.04 Å². The number of nitrogens with two attached hydrogens (primary N) is 2. The van der Waals surface area contributed by atoms with Gasteiger partial charge in [-0.05, 0) is 35.2 Å². The largest absolute Gasteiger partial charge is 0.508 e. The molecule has 1 amide bonds. The molecule has 0 aromatic heterocycles. The Morgan fingerprint density at radius 1 is 0.923 bits per heavy atom. The van der Waals surface area contributed by atoms with E-state index < -0.39 is 24.0 Å². The quantitative estimate of drug-likeness (QED) is 0.467. The van der Waals surface area contributed by atoms with Crippen molar-refractivity contribution in [1.82, 2.24) is 5.32 Å². The van der Waals surface area contributed by atoms with Gasteiger partial charge < -0.3 is 27.0 Å². The number of benzene rings is 2. The van der Waals surface area contributed by atoms with E-state index in [2.05, 4.69) is 5.32 Å². The highest BCUT2D eigenvalue weighted by Gasteiger charge is 2.23. The van der Waals surface area contributed by atoms with Gasteiger partial charge in [0.1, 0.15) is 11.8 Å². The van der Waals surface area contributed by atoms with Crippen LogP contribution in [0.15, 0.2) is 48.5 Å². The zero-order valence-corrected chi connectivity index (χ0v) is 14.3. The molecule has 0 saturated heterocycles. The van der Waals surface area contributed by atoms with Crippen LogP contribution in [0.3, 0.4) is 0 Å². The molecule has 0 bridgehead atoms. The molecule has 7 nitrogen and oxygen atoms in total. The molecule has 0 radical (unpaired) electrons. The lowest BCUT2D eigenvalue weighted by atomic mass is 10.0. The monoisotopic (exact) mass is 357 g/mol. The molecule has 0 aliphatic rings. The van der Waals surface area contributed by atoms with Gasteiger partial charge in [0, 0.05) is 13.0 Å². The Labute approximate surface area is 151 Å². The predicted molar refractivity (Wildman–Crippen MR) is 97.4 cm³/mol. The fraction of sp³-hybridized carbons (Fsp3) is 0.263. The fourth-order valence-corrected chi connectivity index (χ4v) is 2.50. The van der Waals surface area contributed by atoms with Crippen molar-refractivity contribution in [1.29, 1.82) is 0 Å². The van der Waals surface area contributed by atoms with E-state index in [1.807, 2.05) is 12.1 Å². The summed E-state index contributed by atoms with van der Waals surface area (Å²) in [4.78, 5) is 23.7. The highest BCUT2D eigenvalue weighted by atomic mass is 16.4. The molecule has 0 fully saturated rings. The first kappa shape index (κ1) is 19.4. The highest BCUT2D eigenvalue weighted by molar-refractivity contribution is 5.87. The van der Waals surface area contributed by atoms with Gasteiger partial charge >= 0.3 is 5.97 Å². The van der Waals surface area contributed by atoms with Crippen LogP contribution in [0.25, 0.3) is 0 Å². The maximum absolute atomic E-state index is 12.3. The molecular weight excluding hydrogens is 334 g/mol. The van der Waals surface area contributed by atoms with E-state index in [0.717, 1.165) is 16.7 Å². The first-order valence-corrected chi connectivity index (χ1v) is 8.23. The van der Waals surface area contributed by atoms with Crippen molar-refractivity contribution in [3.05, 3.63) is 65.2 Å². The van der Waals surface area contributed by atoms with Crippen LogP contribution < -0.4 is 16.8 Å². The van der Waals surface area contributed by atoms with Gasteiger partial charge in [-0.15, -0.1) is 0 Å². The smallest absolute Gasteiger partial charge is 0.326 e. The van der Waals surface area contributed by atoms with Crippen LogP contribution in [0, 0.1) is 0 Å². The first-order valence-electron chi connectivity index (χ1n) is 8.23. The first-order chi connectivity index (χ1) is 12.4. The summed E-state index contributed by atoms with van der Waals surface area (Å²) >= 11 is 0. The van der Waals surface area contributed by atoms with Crippen molar-refractivity contribution < 1.29 is 19.8 Å². The van der Waals surface area contributed by atoms with Gasteiger partial charge in [0.2, 0.25) is 5.91 Å². The number of phenols is 1. The van der Waals surface area contributed by atoms with E-state index in [-0.39, 0.29) is 18.6 Å². The normalized spacial score (nSPS) is 13.0. The maximum atomic E-state index is 12.3. The molecule has 2 atom stereocenters. The van der Waals surface area contributed by atoms with Crippen LogP contribution in [0.4, 0.5) is 0 Å². The zero-order valence-electron chi connectivity index (χ0n) is 14.3. The minimum absolute atomic E-state index is 0.123. The molecular formula is C19H23N3O4. The second-order valence-electron chi connectivity index (χ2n) is 6.10. The minimum atomic E-state index is -1.13. The van der Waals surface area contributed by atoms with Crippen molar-refractivity contribution >= 4 is 11.9 Å². The lowest BCUT2D eigenvalue weighted by Gasteiger charge is -2.18. The van der Waals surface area contributed by atoms with Crippen LogP contribution in [0.1, 0.15) is 16.7 Å². The van der Waals surface area contributed by atoms with Gasteiger partial charge in [-0.3, -0.25) is 4.79 Å². The van der Waals surface area contributed by atoms with Crippen molar-refractivity contribution in [2.24, 2.45) is 11.5 Å². The fourth-order valence-electron chi connectivity index (χ4n) is 2.50. The SMILES string of the molecule is NCc1ccc(C[C@H](NC(=O)[C@H](N)Cc2ccc(O)cc2)C(=O)O)cc1. The molecule has 138 valence electrons. The summed E-state index contributed by atoms with van der Waals surface area (Å²) in [5.41, 5.74) is 13.9. The Kier molecular flexibility index (Phi) is 6.71. The van der Waals surface area contributed by atoms with E-state index in [1.54, 1.807) is 24.3 Å². The number of carbonyl (C=O) groups excluding carboxylic acids is 1. The number of hydrogen-bond donors (Lipinski definition) is 5. The molecule has 7 heteroatoms. The number of carboxylic acids is 1. The molecule has 7 N–H and O–H groups in total. The highest BCUT2D eigenvalue weighted by Crippen LogP contribution is 2.11. The number of carboxylic acid groups (broad SMARTS) is 1. The van der Waals surface area contributed by atoms with Crippen LogP contribution >= 0.6 is 0 Å². The van der Waals surface area contributed by atoms with Crippen LogP contribution in [-0.4, -0.2) is 34.2 Å². The van der Waals surface area contributed by atoms with Gasteiger partial charge in [0.25, 0.3) is 0 Å². The van der Waals surface area contributed by atoms with Gasteiger partial charge in [0.15, 0.2) is 0 Å². The number of phenolic OH excluding ortho intramolecular Hbond substituents is 1. The molecule has 0 saturated carbocycles. The maximum Gasteiger partial charge on any atom is 0.326 e. The van der Waals surface area contributed by atoms with Gasteiger partial charge in [-0.2, -0.15) is 0 Å². The van der Waals surface area contributed by atoms with E-state index in [9.17, 15) is 19.8 Å². The summed E-state index contributed by atoms with van der Waals surface area (Å²) in [6.45, 7) is 0.408. The van der Waals surface area contributed by atoms with E-state index in [1.165, 1.54) is 12.1 Å². The summed E-state index contributed by atoms with van der Waals surface area (Å²) < 4.78 is 0. The van der Waals surface area contributed by atoms with E-state index in [4.69, 9.17) is 11.5 Å². The molecule has 0 aliphatic carbocycles. The topological polar surface area (TPSA) is 139 Å². The van der Waals surface area contributed by atoms with Crippen LogP contribution in [-0.2, 0) is 29.0 Å². The molecule has 0 heterocycles. The summed E-state index contributed by atoms with van der Waals surface area (Å²) in [7, 11) is 0. The Hall–Kier alpha value is -2.90. The lowest BCUT2D eigenvalue weighted by molar-refractivity contribution is -0.141. The van der Waals surface area contributed by atoms with Crippen LogP contribution in [0.5, 0.6) is 5.75 Å². The molecule has 2 rings (SSSR count). The number of aliphatic carboxylic acids is 1. The van der Waals surface area contributed by atoms with Crippen molar-refractivity contribution in [2.75, 3.05) is 0 Å². The summed E-state index contributed by atoms with van der Waals surface area (Å²) in [5, 5.41) is 21.1. The van der Waals surface area contributed by atoms with Crippen molar-refractivity contribution in [3.63, 3.8) is 0 Å². The second-order valence-corrected chi connectivity index (χ2v) is 6.10. The Bertz CT molecular complexity index is 744. The molecule has 2 aromatic rings. The third-order valence-electron chi connectivity index (χ3n) is 4.04. The number of rotatable bonds is 8. The predicted octanol–water partition coefficient (Wildman–Crippen LogP) is 0.533. The summed E-state index contributed by atoms with van der Waals surface area (Å²) in [5.74, 6) is -1.54. The number of hydrogen-bond acceptors (Lipinski definition) is 5. The van der Waals surface area contributed by atoms with E-state index >= 15 is 0 Å². The average Bonchev–Trinajstić information content (AvgIpc) is 2.63. The van der Waals surface area contributed by atoms with Crippen LogP contribution in [0.2, 0.25) is 0 Å². The third-order valence-corrected chi connectivity index (χ3v) is 4.04. The van der Waals surface area contributed by atoms with Crippen molar-refractivity contribution in [2.45, 2.75) is 31.5 Å². The summed E-state index contributed by atoms with van der Waals surface area (Å²) in [6.07, 6.45) is 0.390.